The van der Waals surface area contributed by atoms with Gasteiger partial charge in [0.1, 0.15) is 0 Å². The number of hydrogen-bond donors (Lipinski definition) is 2. The molecule has 0 aliphatic rings. The maximum absolute atomic E-state index is 10.8. The molecule has 0 spiro atoms. The van der Waals surface area contributed by atoms with Gasteiger partial charge in [-0.2, -0.15) is 9.78 Å². The summed E-state index contributed by atoms with van der Waals surface area (Å²) in [6.07, 6.45) is 4.13. The van der Waals surface area contributed by atoms with Gasteiger partial charge in [-0.25, -0.2) is 14.8 Å². The highest BCUT2D eigenvalue weighted by atomic mass is 16.4. The Morgan fingerprint density at radius 1 is 1.40 bits per heavy atom. The summed E-state index contributed by atoms with van der Waals surface area (Å²) >= 11 is 0. The first-order valence-corrected chi connectivity index (χ1v) is 4.03. The van der Waals surface area contributed by atoms with E-state index in [1.54, 1.807) is 0 Å². The molecule has 3 N–H and O–H groups in total. The van der Waals surface area contributed by atoms with E-state index in [-0.39, 0.29) is 11.6 Å². The van der Waals surface area contributed by atoms with Gasteiger partial charge in [0.2, 0.25) is 0 Å². The highest BCUT2D eigenvalue weighted by molar-refractivity contribution is 5.86. The molecule has 0 fully saturated rings. The minimum absolute atomic E-state index is 0.000212. The van der Waals surface area contributed by atoms with Crippen LogP contribution in [0, 0.1) is 0 Å². The van der Waals surface area contributed by atoms with Gasteiger partial charge in [0.05, 0.1) is 24.3 Å². The number of aromatic carboxylic acids is 1. The number of nitrogen functional groups attached to an aromatic ring is 1. The first kappa shape index (κ1) is 9.13. The highest BCUT2D eigenvalue weighted by Gasteiger charge is 2.12. The van der Waals surface area contributed by atoms with Crippen molar-refractivity contribution in [1.29, 1.82) is 0 Å². The molecular formula is C8H7N5O2. The molecule has 0 bridgehead atoms. The van der Waals surface area contributed by atoms with Gasteiger partial charge in [-0.05, 0) is 6.07 Å². The molecular weight excluding hydrogens is 198 g/mol. The van der Waals surface area contributed by atoms with Gasteiger partial charge in [0.15, 0.2) is 5.69 Å². The third-order valence-corrected chi connectivity index (χ3v) is 1.71. The summed E-state index contributed by atoms with van der Waals surface area (Å²) in [6, 6.07) is 1.36. The van der Waals surface area contributed by atoms with Gasteiger partial charge >= 0.3 is 5.97 Å². The van der Waals surface area contributed by atoms with E-state index in [0.717, 1.165) is 4.68 Å². The molecule has 0 saturated heterocycles. The van der Waals surface area contributed by atoms with Crippen LogP contribution < -0.4 is 5.73 Å². The van der Waals surface area contributed by atoms with Crippen LogP contribution in [-0.4, -0.2) is 30.8 Å². The summed E-state index contributed by atoms with van der Waals surface area (Å²) in [7, 11) is 0. The molecule has 0 aromatic carbocycles. The van der Waals surface area contributed by atoms with Crippen LogP contribution in [-0.2, 0) is 0 Å². The third kappa shape index (κ3) is 1.62. The Morgan fingerprint density at radius 2 is 2.07 bits per heavy atom. The quantitative estimate of drug-likeness (QED) is 0.711. The molecule has 2 aromatic heterocycles. The first-order valence-electron chi connectivity index (χ1n) is 4.03. The molecule has 7 nitrogen and oxygen atoms in total. The topological polar surface area (TPSA) is 107 Å². The second-order valence-corrected chi connectivity index (χ2v) is 2.75. The number of rotatable bonds is 2. The van der Waals surface area contributed by atoms with Crippen LogP contribution in [0.3, 0.4) is 0 Å². The van der Waals surface area contributed by atoms with Gasteiger partial charge in [0.25, 0.3) is 5.95 Å². The lowest BCUT2D eigenvalue weighted by molar-refractivity contribution is 0.0686. The maximum atomic E-state index is 10.8. The van der Waals surface area contributed by atoms with E-state index in [2.05, 4.69) is 15.1 Å². The zero-order valence-electron chi connectivity index (χ0n) is 7.53. The molecule has 2 aromatic rings. The second-order valence-electron chi connectivity index (χ2n) is 2.75. The van der Waals surface area contributed by atoms with Gasteiger partial charge in [-0.1, -0.05) is 0 Å². The summed E-state index contributed by atoms with van der Waals surface area (Å²) in [6.45, 7) is 0. The highest BCUT2D eigenvalue weighted by Crippen LogP contribution is 2.06. The monoisotopic (exact) mass is 205 g/mol. The summed E-state index contributed by atoms with van der Waals surface area (Å²) < 4.78 is 1.13. The predicted octanol–water partition coefficient (Wildman–Crippen LogP) is -0.0573. The Kier molecular flexibility index (Phi) is 2.05. The number of anilines is 1. The molecule has 76 valence electrons. The molecule has 0 aliphatic carbocycles. The SMILES string of the molecule is Nc1cnc(-n2nccc2C(=O)O)nc1. The Balaban J connectivity index is 2.49. The third-order valence-electron chi connectivity index (χ3n) is 1.71. The van der Waals surface area contributed by atoms with Crippen LogP contribution in [0.1, 0.15) is 10.5 Å². The molecule has 0 amide bonds. The van der Waals surface area contributed by atoms with E-state index < -0.39 is 5.97 Å². The Labute approximate surface area is 84.2 Å². The molecule has 2 heterocycles. The Bertz CT molecular complexity index is 490. The molecule has 7 heteroatoms. The number of carboxylic acid groups (broad SMARTS) is 1. The molecule has 0 aliphatic heterocycles. The fourth-order valence-electron chi connectivity index (χ4n) is 1.07. The molecule has 2 rings (SSSR count). The molecule has 0 saturated carbocycles. The fraction of sp³-hybridized carbons (Fsp3) is 0. The fourth-order valence-corrected chi connectivity index (χ4v) is 1.07. The van der Waals surface area contributed by atoms with Crippen molar-refractivity contribution in [3.63, 3.8) is 0 Å². The first-order chi connectivity index (χ1) is 7.18. The lowest BCUT2D eigenvalue weighted by Gasteiger charge is -2.01. The minimum atomic E-state index is -1.09. The van der Waals surface area contributed by atoms with Crippen LogP contribution in [0.2, 0.25) is 0 Å². The van der Waals surface area contributed by atoms with Crippen LogP contribution >= 0.6 is 0 Å². The van der Waals surface area contributed by atoms with Gasteiger partial charge in [-0.3, -0.25) is 0 Å². The number of aromatic nitrogens is 4. The van der Waals surface area contributed by atoms with Crippen molar-refractivity contribution in [3.8, 4) is 5.95 Å². The van der Waals surface area contributed by atoms with E-state index in [4.69, 9.17) is 10.8 Å². The Morgan fingerprint density at radius 3 is 2.67 bits per heavy atom. The molecule has 0 unspecified atom stereocenters. The van der Waals surface area contributed by atoms with Crippen molar-refractivity contribution in [2.45, 2.75) is 0 Å². The zero-order chi connectivity index (χ0) is 10.8. The van der Waals surface area contributed by atoms with Crippen molar-refractivity contribution in [1.82, 2.24) is 19.7 Å². The molecule has 15 heavy (non-hydrogen) atoms. The summed E-state index contributed by atoms with van der Waals surface area (Å²) in [5.74, 6) is -0.917. The summed E-state index contributed by atoms with van der Waals surface area (Å²) in [5, 5.41) is 12.6. The van der Waals surface area contributed by atoms with Gasteiger partial charge in [-0.15, -0.1) is 0 Å². The standard InChI is InChI=1S/C8H7N5O2/c9-5-3-10-8(11-4-5)13-6(7(14)15)1-2-12-13/h1-4H,9H2,(H,14,15). The predicted molar refractivity (Wildman–Crippen MR) is 50.5 cm³/mol. The summed E-state index contributed by atoms with van der Waals surface area (Å²) in [4.78, 5) is 18.5. The van der Waals surface area contributed by atoms with E-state index in [1.807, 2.05) is 0 Å². The van der Waals surface area contributed by atoms with Crippen LogP contribution in [0.5, 0.6) is 0 Å². The largest absolute Gasteiger partial charge is 0.477 e. The molecule has 0 radical (unpaired) electrons. The maximum Gasteiger partial charge on any atom is 0.354 e. The molecule has 0 atom stereocenters. The lowest BCUT2D eigenvalue weighted by atomic mass is 10.4. The minimum Gasteiger partial charge on any atom is -0.477 e. The summed E-state index contributed by atoms with van der Waals surface area (Å²) in [5.41, 5.74) is 5.81. The van der Waals surface area contributed by atoms with E-state index in [0.29, 0.717) is 5.69 Å². The lowest BCUT2D eigenvalue weighted by Crippen LogP contribution is -2.11. The van der Waals surface area contributed by atoms with Crippen LogP contribution in [0.25, 0.3) is 5.95 Å². The number of nitrogens with two attached hydrogens (primary N) is 1. The zero-order valence-corrected chi connectivity index (χ0v) is 7.53. The van der Waals surface area contributed by atoms with Crippen molar-refractivity contribution in [2.75, 3.05) is 5.73 Å². The normalized spacial score (nSPS) is 10.1. The number of hydrogen-bond acceptors (Lipinski definition) is 5. The average Bonchev–Trinajstić information content (AvgIpc) is 2.67. The van der Waals surface area contributed by atoms with Gasteiger partial charge in [0, 0.05) is 0 Å². The van der Waals surface area contributed by atoms with Crippen molar-refractivity contribution in [2.24, 2.45) is 0 Å². The smallest absolute Gasteiger partial charge is 0.354 e. The Hall–Kier alpha value is -2.44. The van der Waals surface area contributed by atoms with E-state index in [9.17, 15) is 4.79 Å². The number of carboxylic acids is 1. The average molecular weight is 205 g/mol. The van der Waals surface area contributed by atoms with Crippen molar-refractivity contribution in [3.05, 3.63) is 30.4 Å². The van der Waals surface area contributed by atoms with E-state index >= 15 is 0 Å². The number of nitrogens with zero attached hydrogens (tertiary/aromatic N) is 4. The number of carbonyl (C=O) groups is 1. The van der Waals surface area contributed by atoms with Crippen LogP contribution in [0.4, 0.5) is 5.69 Å². The van der Waals surface area contributed by atoms with Crippen LogP contribution in [0.15, 0.2) is 24.7 Å². The van der Waals surface area contributed by atoms with Gasteiger partial charge < -0.3 is 10.8 Å². The second kappa shape index (κ2) is 3.37. The van der Waals surface area contributed by atoms with Crippen molar-refractivity contribution >= 4 is 11.7 Å². The van der Waals surface area contributed by atoms with E-state index in [1.165, 1.54) is 24.7 Å². The van der Waals surface area contributed by atoms with Crippen molar-refractivity contribution < 1.29 is 9.90 Å².